The number of carbonyl (C=O) groups excluding carboxylic acids is 2. The molecule has 0 radical (unpaired) electrons. The number of carboxylic acid groups (broad SMARTS) is 1. The number of amides is 3. The van der Waals surface area contributed by atoms with E-state index in [4.69, 9.17) is 10.8 Å². The molecule has 18 heavy (non-hydrogen) atoms. The van der Waals surface area contributed by atoms with Crippen LogP contribution in [0, 0.1) is 5.92 Å². The van der Waals surface area contributed by atoms with Crippen molar-refractivity contribution in [2.45, 2.75) is 44.7 Å². The zero-order valence-electron chi connectivity index (χ0n) is 10.3. The third kappa shape index (κ3) is 4.60. The lowest BCUT2D eigenvalue weighted by molar-refractivity contribution is -0.139. The summed E-state index contributed by atoms with van der Waals surface area (Å²) in [5.41, 5.74) is 4.94. The molecule has 0 aromatic rings. The van der Waals surface area contributed by atoms with Gasteiger partial charge in [-0.2, -0.15) is 0 Å². The Morgan fingerprint density at radius 2 is 2.00 bits per heavy atom. The maximum atomic E-state index is 11.5. The molecule has 1 aliphatic carbocycles. The summed E-state index contributed by atoms with van der Waals surface area (Å²) in [7, 11) is 0. The molecule has 102 valence electrons. The number of urea groups is 1. The highest BCUT2D eigenvalue weighted by Gasteiger charge is 2.28. The Balaban J connectivity index is 2.33. The Morgan fingerprint density at radius 1 is 1.39 bits per heavy atom. The summed E-state index contributed by atoms with van der Waals surface area (Å²) in [6, 6.07) is -1.48. The number of carboxylic acids is 1. The van der Waals surface area contributed by atoms with Gasteiger partial charge in [-0.15, -0.1) is 0 Å². The van der Waals surface area contributed by atoms with Gasteiger partial charge in [0, 0.05) is 12.5 Å². The van der Waals surface area contributed by atoms with Crippen molar-refractivity contribution in [2.24, 2.45) is 11.7 Å². The van der Waals surface area contributed by atoms with Gasteiger partial charge in [0.15, 0.2) is 0 Å². The van der Waals surface area contributed by atoms with E-state index in [0.717, 1.165) is 12.8 Å². The highest BCUT2D eigenvalue weighted by atomic mass is 16.4. The van der Waals surface area contributed by atoms with Crippen LogP contribution in [0.3, 0.4) is 0 Å². The lowest BCUT2D eigenvalue weighted by Crippen LogP contribution is -2.52. The number of hydrogen-bond acceptors (Lipinski definition) is 3. The van der Waals surface area contributed by atoms with E-state index < -0.39 is 23.9 Å². The normalized spacial score (nSPS) is 23.6. The lowest BCUT2D eigenvalue weighted by atomic mass is 9.82. The molecule has 1 fully saturated rings. The van der Waals surface area contributed by atoms with E-state index in [-0.39, 0.29) is 18.9 Å². The van der Waals surface area contributed by atoms with Crippen molar-refractivity contribution < 1.29 is 19.5 Å². The Kier molecular flexibility index (Phi) is 4.94. The number of nitrogens with one attached hydrogen (secondary N) is 2. The molecule has 3 amide bonds. The van der Waals surface area contributed by atoms with Crippen LogP contribution >= 0.6 is 0 Å². The van der Waals surface area contributed by atoms with Gasteiger partial charge in [0.2, 0.25) is 5.91 Å². The van der Waals surface area contributed by atoms with Gasteiger partial charge in [0.25, 0.3) is 0 Å². The molecule has 0 saturated heterocycles. The molecule has 7 heteroatoms. The molecule has 0 spiro atoms. The number of aliphatic carboxylic acids is 1. The zero-order chi connectivity index (χ0) is 13.7. The van der Waals surface area contributed by atoms with Crippen LogP contribution in [0.25, 0.3) is 0 Å². The average Bonchev–Trinajstić information content (AvgIpc) is 2.21. The minimum Gasteiger partial charge on any atom is -0.480 e. The lowest BCUT2D eigenvalue weighted by Gasteiger charge is -2.33. The molecule has 0 bridgehead atoms. The monoisotopic (exact) mass is 257 g/mol. The van der Waals surface area contributed by atoms with Gasteiger partial charge in [0.1, 0.15) is 6.04 Å². The third-order valence-corrected chi connectivity index (χ3v) is 2.99. The molecule has 5 N–H and O–H groups in total. The Labute approximate surface area is 105 Å². The molecule has 0 aromatic heterocycles. The fourth-order valence-corrected chi connectivity index (χ4v) is 1.95. The van der Waals surface area contributed by atoms with Crippen LogP contribution in [0.15, 0.2) is 0 Å². The molecule has 0 heterocycles. The van der Waals surface area contributed by atoms with Gasteiger partial charge >= 0.3 is 12.0 Å². The summed E-state index contributed by atoms with van der Waals surface area (Å²) >= 11 is 0. The first-order valence-corrected chi connectivity index (χ1v) is 5.96. The van der Waals surface area contributed by atoms with Crippen molar-refractivity contribution in [2.75, 3.05) is 0 Å². The van der Waals surface area contributed by atoms with Crippen LogP contribution in [0.4, 0.5) is 4.79 Å². The highest BCUT2D eigenvalue weighted by molar-refractivity contribution is 5.83. The summed E-state index contributed by atoms with van der Waals surface area (Å²) in [5.74, 6) is -1.16. The molecule has 0 unspecified atom stereocenters. The van der Waals surface area contributed by atoms with Crippen LogP contribution in [-0.2, 0) is 9.59 Å². The van der Waals surface area contributed by atoms with Crippen molar-refractivity contribution in [1.82, 2.24) is 10.6 Å². The van der Waals surface area contributed by atoms with E-state index in [1.807, 2.05) is 0 Å². The smallest absolute Gasteiger partial charge is 0.326 e. The van der Waals surface area contributed by atoms with Gasteiger partial charge in [0.05, 0.1) is 0 Å². The van der Waals surface area contributed by atoms with Gasteiger partial charge in [-0.25, -0.2) is 9.59 Å². The van der Waals surface area contributed by atoms with Gasteiger partial charge in [-0.3, -0.25) is 4.79 Å². The summed E-state index contributed by atoms with van der Waals surface area (Å²) in [6.07, 6.45) is 1.75. The van der Waals surface area contributed by atoms with Gasteiger partial charge in [-0.05, 0) is 25.2 Å². The third-order valence-electron chi connectivity index (χ3n) is 2.99. The Hall–Kier alpha value is -1.79. The largest absolute Gasteiger partial charge is 0.480 e. The molecular weight excluding hydrogens is 238 g/mol. The van der Waals surface area contributed by atoms with Crippen LogP contribution in [0.1, 0.15) is 32.6 Å². The van der Waals surface area contributed by atoms with Crippen molar-refractivity contribution in [3.63, 3.8) is 0 Å². The maximum absolute atomic E-state index is 11.5. The standard InChI is InChI=1S/C11H19N3O4/c1-6-4-7(5-6)13-11(18)14-8(10(16)17)2-3-9(12)15/h6-8H,2-5H2,1H3,(H2,12,15)(H,16,17)(H2,13,14,18)/t6?,7?,8-/m1/s1. The zero-order valence-corrected chi connectivity index (χ0v) is 10.3. The predicted octanol–water partition coefficient (Wildman–Crippen LogP) is -0.197. The van der Waals surface area contributed by atoms with E-state index >= 15 is 0 Å². The van der Waals surface area contributed by atoms with Crippen LogP contribution in [0.5, 0.6) is 0 Å². The first-order chi connectivity index (χ1) is 8.38. The number of hydrogen-bond donors (Lipinski definition) is 4. The topological polar surface area (TPSA) is 122 Å². The van der Waals surface area contributed by atoms with Crippen molar-refractivity contribution in [3.05, 3.63) is 0 Å². The second kappa shape index (κ2) is 6.23. The summed E-state index contributed by atoms with van der Waals surface area (Å²) in [6.45, 7) is 2.09. The molecule has 1 aliphatic rings. The van der Waals surface area contributed by atoms with Crippen molar-refractivity contribution >= 4 is 17.9 Å². The predicted molar refractivity (Wildman–Crippen MR) is 63.7 cm³/mol. The average molecular weight is 257 g/mol. The Bertz CT molecular complexity index is 339. The molecule has 0 aliphatic heterocycles. The van der Waals surface area contributed by atoms with E-state index in [2.05, 4.69) is 17.6 Å². The molecule has 1 saturated carbocycles. The van der Waals surface area contributed by atoms with Gasteiger partial charge < -0.3 is 21.5 Å². The summed E-state index contributed by atoms with van der Waals surface area (Å²) in [5, 5.41) is 13.9. The van der Waals surface area contributed by atoms with E-state index in [1.165, 1.54) is 0 Å². The minimum atomic E-state index is -1.17. The van der Waals surface area contributed by atoms with Gasteiger partial charge in [-0.1, -0.05) is 6.92 Å². The first kappa shape index (κ1) is 14.3. The summed E-state index contributed by atoms with van der Waals surface area (Å²) < 4.78 is 0. The number of primary amides is 1. The highest BCUT2D eigenvalue weighted by Crippen LogP contribution is 2.25. The minimum absolute atomic E-state index is 0.000837. The number of rotatable bonds is 6. The number of carbonyl (C=O) groups is 3. The van der Waals surface area contributed by atoms with Crippen molar-refractivity contribution in [1.29, 1.82) is 0 Å². The SMILES string of the molecule is CC1CC(NC(=O)N[C@H](CCC(N)=O)C(=O)O)C1. The number of nitrogens with two attached hydrogens (primary N) is 1. The fraction of sp³-hybridized carbons (Fsp3) is 0.727. The van der Waals surface area contributed by atoms with Crippen LogP contribution < -0.4 is 16.4 Å². The molecule has 1 rings (SSSR count). The molecule has 7 nitrogen and oxygen atoms in total. The van der Waals surface area contributed by atoms with Crippen LogP contribution in [-0.4, -0.2) is 35.1 Å². The first-order valence-electron chi connectivity index (χ1n) is 5.96. The van der Waals surface area contributed by atoms with E-state index in [1.54, 1.807) is 0 Å². The Morgan fingerprint density at radius 3 is 2.44 bits per heavy atom. The molecule has 1 atom stereocenters. The van der Waals surface area contributed by atoms with E-state index in [0.29, 0.717) is 5.92 Å². The van der Waals surface area contributed by atoms with Crippen LogP contribution in [0.2, 0.25) is 0 Å². The quantitative estimate of drug-likeness (QED) is 0.526. The summed E-state index contributed by atoms with van der Waals surface area (Å²) in [4.78, 5) is 33.0. The second-order valence-electron chi connectivity index (χ2n) is 4.79. The second-order valence-corrected chi connectivity index (χ2v) is 4.79. The maximum Gasteiger partial charge on any atom is 0.326 e. The van der Waals surface area contributed by atoms with E-state index in [9.17, 15) is 14.4 Å². The molecule has 0 aromatic carbocycles. The molecular formula is C11H19N3O4. The fourth-order valence-electron chi connectivity index (χ4n) is 1.95. The van der Waals surface area contributed by atoms with Crippen molar-refractivity contribution in [3.8, 4) is 0 Å².